The summed E-state index contributed by atoms with van der Waals surface area (Å²) in [7, 11) is 0. The largest absolute Gasteiger partial charge is 0.490 e. The van der Waals surface area contributed by atoms with Crippen LogP contribution in [0.5, 0.6) is 11.5 Å². The van der Waals surface area contributed by atoms with Crippen molar-refractivity contribution in [3.63, 3.8) is 0 Å². The van der Waals surface area contributed by atoms with Crippen LogP contribution in [0.2, 0.25) is 0 Å². The molecule has 25 heavy (non-hydrogen) atoms. The van der Waals surface area contributed by atoms with Gasteiger partial charge >= 0.3 is 11.9 Å². The number of likely N-dealkylation sites (tertiary alicyclic amines) is 1. The Morgan fingerprint density at radius 2 is 1.56 bits per heavy atom. The van der Waals surface area contributed by atoms with E-state index in [-0.39, 0.29) is 0 Å². The van der Waals surface area contributed by atoms with Crippen molar-refractivity contribution < 1.29 is 29.3 Å². The number of nitrogens with zero attached hydrogens (tertiary/aromatic N) is 1. The van der Waals surface area contributed by atoms with Crippen molar-refractivity contribution in [3.05, 3.63) is 24.3 Å². The van der Waals surface area contributed by atoms with E-state index in [0.29, 0.717) is 6.61 Å². The highest BCUT2D eigenvalue weighted by Gasteiger charge is 2.09. The third-order valence-electron chi connectivity index (χ3n) is 3.66. The van der Waals surface area contributed by atoms with Gasteiger partial charge in [0, 0.05) is 6.54 Å². The van der Waals surface area contributed by atoms with E-state index >= 15 is 0 Å². The van der Waals surface area contributed by atoms with Crippen LogP contribution in [-0.2, 0) is 9.59 Å². The lowest BCUT2D eigenvalue weighted by atomic mass is 10.1. The molecule has 0 aliphatic carbocycles. The second-order valence-corrected chi connectivity index (χ2v) is 5.59. The van der Waals surface area contributed by atoms with E-state index in [2.05, 4.69) is 4.90 Å². The monoisotopic (exact) mass is 353 g/mol. The van der Waals surface area contributed by atoms with Gasteiger partial charge in [-0.1, -0.05) is 18.6 Å². The summed E-state index contributed by atoms with van der Waals surface area (Å²) in [4.78, 5) is 20.7. The number of ether oxygens (including phenoxy) is 2. The molecule has 0 amide bonds. The average molecular weight is 353 g/mol. The molecule has 0 atom stereocenters. The summed E-state index contributed by atoms with van der Waals surface area (Å²) in [5.41, 5.74) is 0. The molecule has 140 valence electrons. The van der Waals surface area contributed by atoms with Crippen LogP contribution in [0.15, 0.2) is 24.3 Å². The van der Waals surface area contributed by atoms with E-state index in [1.54, 1.807) is 0 Å². The zero-order valence-electron chi connectivity index (χ0n) is 14.6. The third kappa shape index (κ3) is 8.95. The smallest absolute Gasteiger partial charge is 0.414 e. The van der Waals surface area contributed by atoms with E-state index in [1.807, 2.05) is 31.2 Å². The molecular weight excluding hydrogens is 326 g/mol. The summed E-state index contributed by atoms with van der Waals surface area (Å²) < 4.78 is 11.4. The minimum Gasteiger partial charge on any atom is -0.490 e. The minimum atomic E-state index is -1.82. The maximum Gasteiger partial charge on any atom is 0.414 e. The molecule has 1 aromatic carbocycles. The fourth-order valence-corrected chi connectivity index (χ4v) is 2.50. The van der Waals surface area contributed by atoms with Gasteiger partial charge in [-0.3, -0.25) is 0 Å². The number of hydrogen-bond donors (Lipinski definition) is 2. The average Bonchev–Trinajstić information content (AvgIpc) is 2.61. The molecule has 1 aromatic rings. The Labute approximate surface area is 148 Å². The molecular formula is C18H27NO6. The van der Waals surface area contributed by atoms with Gasteiger partial charge in [0.15, 0.2) is 11.5 Å². The highest BCUT2D eigenvalue weighted by atomic mass is 16.5. The van der Waals surface area contributed by atoms with Gasteiger partial charge in [-0.2, -0.15) is 0 Å². The fraction of sp³-hybridized carbons (Fsp3) is 0.556. The van der Waals surface area contributed by atoms with Crippen molar-refractivity contribution in [1.82, 2.24) is 4.90 Å². The summed E-state index contributed by atoms with van der Waals surface area (Å²) in [6, 6.07) is 7.91. The number of hydrogen-bond acceptors (Lipinski definition) is 5. The topological polar surface area (TPSA) is 96.3 Å². The van der Waals surface area contributed by atoms with Crippen molar-refractivity contribution in [2.24, 2.45) is 0 Å². The first kappa shape index (κ1) is 20.8. The lowest BCUT2D eigenvalue weighted by Crippen LogP contribution is -2.31. The highest BCUT2D eigenvalue weighted by Crippen LogP contribution is 2.26. The summed E-state index contributed by atoms with van der Waals surface area (Å²) in [5.74, 6) is -1.93. The first-order valence-electron chi connectivity index (χ1n) is 8.57. The van der Waals surface area contributed by atoms with Gasteiger partial charge in [0.05, 0.1) is 13.2 Å². The maximum atomic E-state index is 9.10. The molecule has 2 rings (SSSR count). The van der Waals surface area contributed by atoms with Crippen LogP contribution >= 0.6 is 0 Å². The predicted molar refractivity (Wildman–Crippen MR) is 93.3 cm³/mol. The SMILES string of the molecule is CCOc1ccccc1OCCCN1CCCCC1.O=C(O)C(=O)O. The van der Waals surface area contributed by atoms with Crippen LogP contribution in [0.4, 0.5) is 0 Å². The molecule has 2 N–H and O–H groups in total. The number of carboxylic acids is 2. The number of aliphatic carboxylic acids is 2. The number of benzene rings is 1. The summed E-state index contributed by atoms with van der Waals surface area (Å²) in [6.45, 7) is 7.10. The van der Waals surface area contributed by atoms with E-state index in [9.17, 15) is 0 Å². The number of carbonyl (C=O) groups is 2. The Morgan fingerprint density at radius 1 is 1.00 bits per heavy atom. The van der Waals surface area contributed by atoms with Gasteiger partial charge in [0.1, 0.15) is 0 Å². The molecule has 7 heteroatoms. The molecule has 0 bridgehead atoms. The molecule has 1 aliphatic rings. The van der Waals surface area contributed by atoms with Crippen molar-refractivity contribution >= 4 is 11.9 Å². The Bertz CT molecular complexity index is 516. The Morgan fingerprint density at radius 3 is 2.08 bits per heavy atom. The normalized spacial score (nSPS) is 14.1. The second-order valence-electron chi connectivity index (χ2n) is 5.59. The van der Waals surface area contributed by atoms with Gasteiger partial charge in [-0.15, -0.1) is 0 Å². The van der Waals surface area contributed by atoms with Crippen LogP contribution < -0.4 is 9.47 Å². The Kier molecular flexibility index (Phi) is 10.1. The van der Waals surface area contributed by atoms with E-state index in [0.717, 1.165) is 31.1 Å². The standard InChI is InChI=1S/C16H25NO2.C2H2O4/c1-2-18-15-9-4-5-10-16(15)19-14-8-13-17-11-6-3-7-12-17;3-1(4)2(5)6/h4-5,9-10H,2-3,6-8,11-14H2,1H3;(H,3,4)(H,5,6). The van der Waals surface area contributed by atoms with Crippen LogP contribution in [0.1, 0.15) is 32.6 Å². The van der Waals surface area contributed by atoms with Crippen LogP contribution in [0.25, 0.3) is 0 Å². The Balaban J connectivity index is 0.000000450. The first-order chi connectivity index (χ1) is 12.0. The molecule has 1 aliphatic heterocycles. The van der Waals surface area contributed by atoms with Crippen LogP contribution in [0, 0.1) is 0 Å². The minimum absolute atomic E-state index is 0.675. The van der Waals surface area contributed by atoms with Gasteiger partial charge in [0.2, 0.25) is 0 Å². The molecule has 1 fully saturated rings. The summed E-state index contributed by atoms with van der Waals surface area (Å²) in [6.07, 6.45) is 5.19. The molecule has 0 unspecified atom stereocenters. The van der Waals surface area contributed by atoms with Crippen molar-refractivity contribution in [2.45, 2.75) is 32.6 Å². The second kappa shape index (κ2) is 12.1. The quantitative estimate of drug-likeness (QED) is 0.574. The number of rotatable bonds is 7. The van der Waals surface area contributed by atoms with Crippen molar-refractivity contribution in [1.29, 1.82) is 0 Å². The van der Waals surface area contributed by atoms with Gasteiger partial charge in [-0.05, 0) is 51.4 Å². The number of piperidine rings is 1. The fourth-order valence-electron chi connectivity index (χ4n) is 2.50. The zero-order valence-corrected chi connectivity index (χ0v) is 14.6. The lowest BCUT2D eigenvalue weighted by Gasteiger charge is -2.26. The first-order valence-corrected chi connectivity index (χ1v) is 8.57. The van der Waals surface area contributed by atoms with Crippen LogP contribution in [-0.4, -0.2) is 59.9 Å². The molecule has 0 saturated carbocycles. The number of para-hydroxylation sites is 2. The molecule has 0 aromatic heterocycles. The van der Waals surface area contributed by atoms with Crippen molar-refractivity contribution in [2.75, 3.05) is 32.8 Å². The number of carboxylic acid groups (broad SMARTS) is 2. The lowest BCUT2D eigenvalue weighted by molar-refractivity contribution is -0.159. The molecule has 0 spiro atoms. The van der Waals surface area contributed by atoms with E-state index in [4.69, 9.17) is 29.3 Å². The van der Waals surface area contributed by atoms with E-state index in [1.165, 1.54) is 32.4 Å². The van der Waals surface area contributed by atoms with Crippen molar-refractivity contribution in [3.8, 4) is 11.5 Å². The molecule has 0 radical (unpaired) electrons. The molecule has 1 saturated heterocycles. The summed E-state index contributed by atoms with van der Waals surface area (Å²) in [5, 5.41) is 14.8. The van der Waals surface area contributed by atoms with Crippen LogP contribution in [0.3, 0.4) is 0 Å². The highest BCUT2D eigenvalue weighted by molar-refractivity contribution is 6.27. The molecule has 7 nitrogen and oxygen atoms in total. The van der Waals surface area contributed by atoms with Gasteiger partial charge < -0.3 is 24.6 Å². The van der Waals surface area contributed by atoms with Gasteiger partial charge in [-0.25, -0.2) is 9.59 Å². The van der Waals surface area contributed by atoms with Gasteiger partial charge in [0.25, 0.3) is 0 Å². The Hall–Kier alpha value is -2.28. The summed E-state index contributed by atoms with van der Waals surface area (Å²) >= 11 is 0. The zero-order chi connectivity index (χ0) is 18.5. The molecule has 1 heterocycles. The third-order valence-corrected chi connectivity index (χ3v) is 3.66. The van der Waals surface area contributed by atoms with E-state index < -0.39 is 11.9 Å². The maximum absolute atomic E-state index is 9.10. The predicted octanol–water partition coefficient (Wildman–Crippen LogP) is 2.50.